The zero-order valence-electron chi connectivity index (χ0n) is 14.4. The Labute approximate surface area is 125 Å². The fourth-order valence-electron chi connectivity index (χ4n) is 2.31. The van der Waals surface area contributed by atoms with Gasteiger partial charge in [0, 0.05) is 19.4 Å². The molecule has 3 atom stereocenters. The van der Waals surface area contributed by atoms with Crippen molar-refractivity contribution in [3.8, 4) is 0 Å². The molecule has 5 heteroatoms. The summed E-state index contributed by atoms with van der Waals surface area (Å²) in [4.78, 5) is 11.4. The second-order valence-electron chi connectivity index (χ2n) is 6.82. The molecule has 0 rings (SSSR count). The molecule has 0 aliphatic carbocycles. The third-order valence-corrected chi connectivity index (χ3v) is 4.12. The molecule has 0 aromatic carbocycles. The van der Waals surface area contributed by atoms with E-state index >= 15 is 0 Å². The summed E-state index contributed by atoms with van der Waals surface area (Å²) in [6.45, 7) is 14.8. The Morgan fingerprint density at radius 2 is 1.70 bits per heavy atom. The van der Waals surface area contributed by atoms with Crippen molar-refractivity contribution in [1.29, 1.82) is 0 Å². The first kappa shape index (κ1) is 19.8. The number of hydrogen-bond acceptors (Lipinski definition) is 4. The van der Waals surface area contributed by atoms with Crippen molar-refractivity contribution in [2.24, 2.45) is 11.8 Å². The molecule has 0 aromatic rings. The van der Waals surface area contributed by atoms with Crippen molar-refractivity contribution >= 4 is 14.1 Å². The van der Waals surface area contributed by atoms with E-state index in [2.05, 4.69) is 40.4 Å². The Bertz CT molecular complexity index is 286. The molecule has 0 saturated heterocycles. The second-order valence-corrected chi connectivity index (χ2v) is 11.3. The lowest BCUT2D eigenvalue weighted by Gasteiger charge is -2.37. The predicted molar refractivity (Wildman–Crippen MR) is 84.3 cm³/mol. The van der Waals surface area contributed by atoms with E-state index < -0.39 is 8.32 Å². The minimum absolute atomic E-state index is 0.0999. The lowest BCUT2D eigenvalue weighted by Crippen LogP contribution is -2.43. The highest BCUT2D eigenvalue weighted by Crippen LogP contribution is 2.26. The van der Waals surface area contributed by atoms with Gasteiger partial charge in [-0.1, -0.05) is 20.8 Å². The molecular weight excluding hydrogens is 272 g/mol. The third kappa shape index (κ3) is 8.14. The van der Waals surface area contributed by atoms with Gasteiger partial charge in [0.1, 0.15) is 12.6 Å². The fourth-order valence-corrected chi connectivity index (χ4v) is 3.61. The molecule has 0 radical (unpaired) electrons. The van der Waals surface area contributed by atoms with Gasteiger partial charge in [-0.15, -0.1) is 0 Å². The van der Waals surface area contributed by atoms with Gasteiger partial charge in [0.15, 0.2) is 8.32 Å². The van der Waals surface area contributed by atoms with E-state index in [1.54, 1.807) is 14.0 Å². The van der Waals surface area contributed by atoms with Crippen molar-refractivity contribution in [2.45, 2.75) is 66.0 Å². The molecule has 0 aromatic heterocycles. The van der Waals surface area contributed by atoms with E-state index in [1.165, 1.54) is 0 Å². The molecule has 0 amide bonds. The van der Waals surface area contributed by atoms with Gasteiger partial charge in [0.2, 0.25) is 0 Å². The lowest BCUT2D eigenvalue weighted by molar-refractivity contribution is -0.132. The number of methoxy groups -OCH3 is 1. The van der Waals surface area contributed by atoms with Crippen LogP contribution in [0.3, 0.4) is 0 Å². The van der Waals surface area contributed by atoms with E-state index in [0.717, 1.165) is 0 Å². The fraction of sp³-hybridized carbons (Fsp3) is 0.933. The van der Waals surface area contributed by atoms with Gasteiger partial charge < -0.3 is 13.9 Å². The molecule has 4 nitrogen and oxygen atoms in total. The van der Waals surface area contributed by atoms with E-state index in [9.17, 15) is 4.79 Å². The Morgan fingerprint density at radius 3 is 2.05 bits per heavy atom. The summed E-state index contributed by atoms with van der Waals surface area (Å²) < 4.78 is 17.0. The summed E-state index contributed by atoms with van der Waals surface area (Å²) in [5.74, 6) is 0.673. The van der Waals surface area contributed by atoms with E-state index in [-0.39, 0.29) is 30.7 Å². The van der Waals surface area contributed by atoms with E-state index in [0.29, 0.717) is 12.3 Å². The van der Waals surface area contributed by atoms with Crippen molar-refractivity contribution in [2.75, 3.05) is 13.9 Å². The maximum absolute atomic E-state index is 11.4. The summed E-state index contributed by atoms with van der Waals surface area (Å²) >= 11 is 0. The molecule has 0 N–H and O–H groups in total. The van der Waals surface area contributed by atoms with Crippen molar-refractivity contribution in [3.05, 3.63) is 0 Å². The summed E-state index contributed by atoms with van der Waals surface area (Å²) in [5.41, 5.74) is 0. The van der Waals surface area contributed by atoms with Gasteiger partial charge in [-0.25, -0.2) is 0 Å². The van der Waals surface area contributed by atoms with Crippen LogP contribution >= 0.6 is 0 Å². The smallest absolute Gasteiger partial charge is 0.184 e. The molecular formula is C15H32O4Si. The minimum atomic E-state index is -1.63. The Hall–Kier alpha value is -0.233. The zero-order chi connectivity index (χ0) is 15.9. The number of carbonyl (C=O) groups excluding carboxylic acids is 1. The second kappa shape index (κ2) is 8.92. The Balaban J connectivity index is 4.93. The standard InChI is InChI=1S/C15H32O4Si/c1-11(2)15(19-20(6,7)8)13(4)14(9-12(3)16)18-10-17-5/h11,13-15H,9-10H2,1-8H3/t13-,14-,15-/m0/s1. The van der Waals surface area contributed by atoms with Crippen LogP contribution in [0.15, 0.2) is 0 Å². The first-order chi connectivity index (χ1) is 9.08. The predicted octanol–water partition coefficient (Wildman–Crippen LogP) is 3.47. The molecule has 0 aliphatic rings. The number of hydrogen-bond donors (Lipinski definition) is 0. The molecule has 0 spiro atoms. The van der Waals surface area contributed by atoms with Crippen LogP contribution in [0.5, 0.6) is 0 Å². The van der Waals surface area contributed by atoms with Crippen molar-refractivity contribution in [3.63, 3.8) is 0 Å². The number of carbonyl (C=O) groups is 1. The van der Waals surface area contributed by atoms with Crippen LogP contribution in [-0.4, -0.2) is 40.2 Å². The maximum atomic E-state index is 11.4. The van der Waals surface area contributed by atoms with Crippen molar-refractivity contribution in [1.82, 2.24) is 0 Å². The summed E-state index contributed by atoms with van der Waals surface area (Å²) in [6, 6.07) is 0. The SMILES string of the molecule is COCO[C@@H](CC(C)=O)[C@H](C)[C@@H](O[Si](C)(C)C)C(C)C. The number of ketones is 1. The van der Waals surface area contributed by atoms with Gasteiger partial charge in [0.05, 0.1) is 12.2 Å². The van der Waals surface area contributed by atoms with Crippen LogP contribution in [0, 0.1) is 11.8 Å². The highest BCUT2D eigenvalue weighted by molar-refractivity contribution is 6.69. The highest BCUT2D eigenvalue weighted by Gasteiger charge is 2.33. The van der Waals surface area contributed by atoms with Gasteiger partial charge in [0.25, 0.3) is 0 Å². The largest absolute Gasteiger partial charge is 0.414 e. The van der Waals surface area contributed by atoms with Crippen LogP contribution in [0.2, 0.25) is 19.6 Å². The van der Waals surface area contributed by atoms with Crippen LogP contribution in [0.1, 0.15) is 34.1 Å². The lowest BCUT2D eigenvalue weighted by atomic mass is 9.88. The van der Waals surface area contributed by atoms with Crippen molar-refractivity contribution < 1.29 is 18.7 Å². The zero-order valence-corrected chi connectivity index (χ0v) is 15.4. The molecule has 20 heavy (non-hydrogen) atoms. The highest BCUT2D eigenvalue weighted by atomic mass is 28.4. The molecule has 0 saturated carbocycles. The monoisotopic (exact) mass is 304 g/mol. The van der Waals surface area contributed by atoms with Gasteiger partial charge in [-0.05, 0) is 32.5 Å². The average molecular weight is 305 g/mol. The normalized spacial score (nSPS) is 17.1. The van der Waals surface area contributed by atoms with Crippen LogP contribution in [0.25, 0.3) is 0 Å². The summed E-state index contributed by atoms with van der Waals surface area (Å²) in [7, 11) is -0.0434. The van der Waals surface area contributed by atoms with Crippen LogP contribution in [-0.2, 0) is 18.7 Å². The number of rotatable bonds is 10. The summed E-state index contributed by atoms with van der Waals surface area (Å²) in [5, 5.41) is 0. The molecule has 0 fully saturated rings. The molecule has 0 aliphatic heterocycles. The molecule has 0 heterocycles. The number of Topliss-reactive ketones (excluding diaryl/α,β-unsaturated/α-hetero) is 1. The Morgan fingerprint density at radius 1 is 1.15 bits per heavy atom. The molecule has 0 bridgehead atoms. The van der Waals surface area contributed by atoms with Crippen LogP contribution < -0.4 is 0 Å². The Kier molecular flexibility index (Phi) is 8.82. The molecule has 120 valence electrons. The third-order valence-electron chi connectivity index (χ3n) is 3.14. The topological polar surface area (TPSA) is 44.8 Å². The average Bonchev–Trinajstić information content (AvgIpc) is 2.28. The minimum Gasteiger partial charge on any atom is -0.414 e. The van der Waals surface area contributed by atoms with Gasteiger partial charge >= 0.3 is 0 Å². The number of ether oxygens (including phenoxy) is 2. The van der Waals surface area contributed by atoms with Gasteiger partial charge in [-0.3, -0.25) is 4.79 Å². The molecule has 0 unspecified atom stereocenters. The van der Waals surface area contributed by atoms with E-state index in [1.807, 2.05) is 0 Å². The van der Waals surface area contributed by atoms with Crippen LogP contribution in [0.4, 0.5) is 0 Å². The van der Waals surface area contributed by atoms with E-state index in [4.69, 9.17) is 13.9 Å². The first-order valence-corrected chi connectivity index (χ1v) is 10.8. The maximum Gasteiger partial charge on any atom is 0.184 e. The quantitative estimate of drug-likeness (QED) is 0.458. The summed E-state index contributed by atoms with van der Waals surface area (Å²) in [6.07, 6.45) is 0.349. The first-order valence-electron chi connectivity index (χ1n) is 7.36. The van der Waals surface area contributed by atoms with Gasteiger partial charge in [-0.2, -0.15) is 0 Å².